The fourth-order valence-electron chi connectivity index (χ4n) is 3.06. The van der Waals surface area contributed by atoms with Crippen LogP contribution >= 0.6 is 0 Å². The summed E-state index contributed by atoms with van der Waals surface area (Å²) in [4.78, 5) is 22.8. The number of nitrogens with zero attached hydrogens (tertiary/aromatic N) is 1. The molecule has 0 bridgehead atoms. The molecular formula is C19H21N3O6S. The van der Waals surface area contributed by atoms with Gasteiger partial charge in [0, 0.05) is 25.3 Å². The second-order valence-corrected chi connectivity index (χ2v) is 8.40. The van der Waals surface area contributed by atoms with Crippen LogP contribution in [-0.2, 0) is 20.5 Å². The van der Waals surface area contributed by atoms with E-state index < -0.39 is 26.6 Å². The highest BCUT2D eigenvalue weighted by atomic mass is 32.2. The second kappa shape index (κ2) is 9.01. The van der Waals surface area contributed by atoms with E-state index >= 15 is 0 Å². The predicted molar refractivity (Wildman–Crippen MR) is 107 cm³/mol. The number of nitro groups is 1. The van der Waals surface area contributed by atoms with Crippen molar-refractivity contribution >= 4 is 27.3 Å². The molecule has 1 unspecified atom stereocenters. The van der Waals surface area contributed by atoms with Crippen LogP contribution in [0.2, 0.25) is 0 Å². The van der Waals surface area contributed by atoms with E-state index in [-0.39, 0.29) is 28.6 Å². The fraction of sp³-hybridized carbons (Fsp3) is 0.316. The normalized spacial score (nSPS) is 16.3. The molecule has 0 radical (unpaired) electrons. The van der Waals surface area contributed by atoms with Crippen molar-refractivity contribution in [2.24, 2.45) is 0 Å². The van der Waals surface area contributed by atoms with Crippen molar-refractivity contribution in [1.29, 1.82) is 0 Å². The maximum Gasteiger partial charge on any atom is 0.269 e. The van der Waals surface area contributed by atoms with Crippen molar-refractivity contribution in [3.63, 3.8) is 0 Å². The van der Waals surface area contributed by atoms with E-state index in [4.69, 9.17) is 4.74 Å². The number of rotatable bonds is 8. The van der Waals surface area contributed by atoms with E-state index in [1.54, 1.807) is 12.1 Å². The topological polar surface area (TPSA) is 128 Å². The van der Waals surface area contributed by atoms with Crippen LogP contribution in [0.1, 0.15) is 28.8 Å². The highest BCUT2D eigenvalue weighted by Crippen LogP contribution is 2.20. The predicted octanol–water partition coefficient (Wildman–Crippen LogP) is 2.45. The van der Waals surface area contributed by atoms with Crippen molar-refractivity contribution in [2.75, 3.05) is 17.9 Å². The van der Waals surface area contributed by atoms with Gasteiger partial charge in [-0.3, -0.25) is 19.6 Å². The Bertz CT molecular complexity index is 1000. The van der Waals surface area contributed by atoms with Crippen LogP contribution in [0, 0.1) is 10.1 Å². The summed E-state index contributed by atoms with van der Waals surface area (Å²) in [7, 11) is -3.89. The summed E-state index contributed by atoms with van der Waals surface area (Å²) in [5, 5.41) is 13.6. The molecule has 1 saturated heterocycles. The van der Waals surface area contributed by atoms with Crippen LogP contribution in [-0.4, -0.2) is 38.5 Å². The molecule has 2 aromatic carbocycles. The summed E-state index contributed by atoms with van der Waals surface area (Å²) in [5.74, 6) is -0.866. The maximum absolute atomic E-state index is 12.6. The van der Waals surface area contributed by atoms with Gasteiger partial charge < -0.3 is 10.1 Å². The van der Waals surface area contributed by atoms with Crippen molar-refractivity contribution in [2.45, 2.75) is 24.7 Å². The molecular weight excluding hydrogens is 398 g/mol. The van der Waals surface area contributed by atoms with Gasteiger partial charge in [0.05, 0.1) is 28.0 Å². The first kappa shape index (κ1) is 20.7. The molecule has 1 atom stereocenters. The van der Waals surface area contributed by atoms with Gasteiger partial charge in [-0.2, -0.15) is 0 Å². The Balaban J connectivity index is 1.71. The fourth-order valence-corrected chi connectivity index (χ4v) is 4.26. The number of amides is 1. The second-order valence-electron chi connectivity index (χ2n) is 6.68. The molecule has 0 aromatic heterocycles. The first-order valence-corrected chi connectivity index (χ1v) is 10.7. The van der Waals surface area contributed by atoms with E-state index in [2.05, 4.69) is 10.0 Å². The summed E-state index contributed by atoms with van der Waals surface area (Å²) in [5.41, 5.74) is 0.412. The Morgan fingerprint density at radius 1 is 1.21 bits per heavy atom. The standard InChI is InChI=1S/C19H21N3O6S/c23-19(20-12-16-7-4-10-28-16)17-8-1-2-9-18(17)21-29(26,27)13-14-5-3-6-15(11-14)22(24)25/h1-3,5-6,8-9,11,16,21H,4,7,10,12-13H2,(H,20,23). The molecule has 1 aliphatic rings. The monoisotopic (exact) mass is 419 g/mol. The number of hydrogen-bond acceptors (Lipinski definition) is 6. The highest BCUT2D eigenvalue weighted by molar-refractivity contribution is 7.91. The van der Waals surface area contributed by atoms with Gasteiger partial charge in [0.1, 0.15) is 0 Å². The molecule has 1 aliphatic heterocycles. The molecule has 1 fully saturated rings. The molecule has 2 aromatic rings. The number of sulfonamides is 1. The number of carbonyl (C=O) groups excluding carboxylic acids is 1. The summed E-state index contributed by atoms with van der Waals surface area (Å²) >= 11 is 0. The molecule has 0 saturated carbocycles. The molecule has 1 heterocycles. The molecule has 29 heavy (non-hydrogen) atoms. The number of nitrogens with one attached hydrogen (secondary N) is 2. The van der Waals surface area contributed by atoms with Gasteiger partial charge in [-0.25, -0.2) is 8.42 Å². The highest BCUT2D eigenvalue weighted by Gasteiger charge is 2.20. The van der Waals surface area contributed by atoms with Gasteiger partial charge in [0.25, 0.3) is 11.6 Å². The molecule has 9 nitrogen and oxygen atoms in total. The third-order valence-electron chi connectivity index (χ3n) is 4.43. The van der Waals surface area contributed by atoms with Crippen LogP contribution in [0.15, 0.2) is 48.5 Å². The van der Waals surface area contributed by atoms with Gasteiger partial charge in [0.15, 0.2) is 0 Å². The van der Waals surface area contributed by atoms with Gasteiger partial charge in [0.2, 0.25) is 10.0 Å². The van der Waals surface area contributed by atoms with Gasteiger partial charge in [-0.05, 0) is 30.5 Å². The van der Waals surface area contributed by atoms with E-state index in [1.807, 2.05) is 0 Å². The van der Waals surface area contributed by atoms with E-state index in [0.717, 1.165) is 12.8 Å². The molecule has 2 N–H and O–H groups in total. The third-order valence-corrected chi connectivity index (χ3v) is 5.67. The minimum Gasteiger partial charge on any atom is -0.376 e. The van der Waals surface area contributed by atoms with Crippen LogP contribution in [0.25, 0.3) is 0 Å². The van der Waals surface area contributed by atoms with Gasteiger partial charge >= 0.3 is 0 Å². The average Bonchev–Trinajstić information content (AvgIpc) is 3.19. The van der Waals surface area contributed by atoms with Crippen molar-refractivity contribution < 1.29 is 22.9 Å². The van der Waals surface area contributed by atoms with E-state index in [0.29, 0.717) is 13.2 Å². The zero-order valence-corrected chi connectivity index (χ0v) is 16.4. The summed E-state index contributed by atoms with van der Waals surface area (Å²) < 4.78 is 33.0. The third kappa shape index (κ3) is 5.75. The summed E-state index contributed by atoms with van der Waals surface area (Å²) in [6.45, 7) is 1.03. The zero-order valence-electron chi connectivity index (χ0n) is 15.5. The number of carbonyl (C=O) groups is 1. The molecule has 0 spiro atoms. The molecule has 154 valence electrons. The first-order valence-electron chi connectivity index (χ1n) is 9.07. The van der Waals surface area contributed by atoms with Crippen LogP contribution in [0.5, 0.6) is 0 Å². The largest absolute Gasteiger partial charge is 0.376 e. The lowest BCUT2D eigenvalue weighted by Gasteiger charge is -2.14. The number of nitro benzene ring substituents is 1. The molecule has 10 heteroatoms. The molecule has 3 rings (SSSR count). The van der Waals surface area contributed by atoms with E-state index in [9.17, 15) is 23.3 Å². The molecule has 1 amide bonds. The minimum absolute atomic E-state index is 0.0309. The molecule has 0 aliphatic carbocycles. The van der Waals surface area contributed by atoms with E-state index in [1.165, 1.54) is 36.4 Å². The first-order chi connectivity index (χ1) is 13.8. The number of ether oxygens (including phenoxy) is 1. The summed E-state index contributed by atoms with van der Waals surface area (Å²) in [6, 6.07) is 11.7. The van der Waals surface area contributed by atoms with Crippen molar-refractivity contribution in [3.8, 4) is 0 Å². The van der Waals surface area contributed by atoms with Gasteiger partial charge in [-0.1, -0.05) is 24.3 Å². The Hall–Kier alpha value is -2.98. The SMILES string of the molecule is O=C(NCC1CCCO1)c1ccccc1NS(=O)(=O)Cc1cccc([N+](=O)[O-])c1. The van der Waals surface area contributed by atoms with Crippen LogP contribution < -0.4 is 10.0 Å². The average molecular weight is 419 g/mol. The lowest BCUT2D eigenvalue weighted by atomic mass is 10.1. The Labute approximate surface area is 168 Å². The van der Waals surface area contributed by atoms with Crippen LogP contribution in [0.4, 0.5) is 11.4 Å². The Morgan fingerprint density at radius 3 is 2.72 bits per heavy atom. The Kier molecular flexibility index (Phi) is 6.45. The quantitative estimate of drug-likeness (QED) is 0.500. The lowest BCUT2D eigenvalue weighted by Crippen LogP contribution is -2.32. The maximum atomic E-state index is 12.6. The number of anilines is 1. The lowest BCUT2D eigenvalue weighted by molar-refractivity contribution is -0.384. The smallest absolute Gasteiger partial charge is 0.269 e. The zero-order chi connectivity index (χ0) is 20.9. The minimum atomic E-state index is -3.89. The number of hydrogen-bond donors (Lipinski definition) is 2. The number of para-hydroxylation sites is 1. The Morgan fingerprint density at radius 2 is 2.00 bits per heavy atom. The van der Waals surface area contributed by atoms with Crippen molar-refractivity contribution in [3.05, 3.63) is 69.8 Å². The van der Waals surface area contributed by atoms with Gasteiger partial charge in [-0.15, -0.1) is 0 Å². The van der Waals surface area contributed by atoms with Crippen LogP contribution in [0.3, 0.4) is 0 Å². The summed E-state index contributed by atoms with van der Waals surface area (Å²) in [6.07, 6.45) is 1.79. The number of non-ortho nitro benzene ring substituents is 1. The number of benzene rings is 2. The van der Waals surface area contributed by atoms with Crippen molar-refractivity contribution in [1.82, 2.24) is 5.32 Å².